The molecule has 0 atom stereocenters. The summed E-state index contributed by atoms with van der Waals surface area (Å²) in [5, 5.41) is 10.7. The molecule has 0 aliphatic heterocycles. The molecule has 0 aliphatic carbocycles. The molecule has 4 nitrogen and oxygen atoms in total. The van der Waals surface area contributed by atoms with Gasteiger partial charge in [-0.1, -0.05) is 0 Å². The summed E-state index contributed by atoms with van der Waals surface area (Å²) in [6.45, 7) is 1.65. The van der Waals surface area contributed by atoms with Crippen molar-refractivity contribution < 1.29 is 19.4 Å². The molecule has 0 aromatic heterocycles. The van der Waals surface area contributed by atoms with Crippen LogP contribution >= 0.6 is 0 Å². The summed E-state index contributed by atoms with van der Waals surface area (Å²) < 4.78 is 10.1. The molecule has 0 fully saturated rings. The van der Waals surface area contributed by atoms with E-state index in [4.69, 9.17) is 9.47 Å². The predicted octanol–water partition coefficient (Wildman–Crippen LogP) is 0.376. The molecule has 0 saturated heterocycles. The Hall–Kier alpha value is -1.71. The molecule has 0 bridgehead atoms. The normalized spacial score (nSPS) is 9.64. The smallest absolute Gasteiger partial charge is 0.164 e. The minimum absolute atomic E-state index is 0.114. The van der Waals surface area contributed by atoms with E-state index in [-0.39, 0.29) is 5.56 Å². The number of benzene rings is 1. The lowest BCUT2D eigenvalue weighted by molar-refractivity contribution is -0.255. The van der Waals surface area contributed by atoms with Crippen molar-refractivity contribution in [2.45, 2.75) is 6.92 Å². The van der Waals surface area contributed by atoms with Gasteiger partial charge in [0.25, 0.3) is 0 Å². The van der Waals surface area contributed by atoms with E-state index in [0.29, 0.717) is 17.1 Å². The van der Waals surface area contributed by atoms with E-state index in [1.165, 1.54) is 26.4 Å². The molecule has 76 valence electrons. The lowest BCUT2D eigenvalue weighted by atomic mass is 10.1. The summed E-state index contributed by atoms with van der Waals surface area (Å²) in [6.07, 6.45) is 0. The average molecular weight is 195 g/mol. The number of aromatic carboxylic acids is 1. The van der Waals surface area contributed by atoms with Crippen LogP contribution in [-0.2, 0) is 0 Å². The number of carbonyl (C=O) groups is 1. The van der Waals surface area contributed by atoms with Crippen molar-refractivity contribution in [3.8, 4) is 11.5 Å². The summed E-state index contributed by atoms with van der Waals surface area (Å²) in [7, 11) is 2.96. The van der Waals surface area contributed by atoms with Gasteiger partial charge in [-0.2, -0.15) is 0 Å². The van der Waals surface area contributed by atoms with Crippen LogP contribution < -0.4 is 14.6 Å². The molecule has 0 radical (unpaired) electrons. The molecule has 0 spiro atoms. The third kappa shape index (κ3) is 1.64. The second-order valence-corrected chi connectivity index (χ2v) is 2.76. The number of methoxy groups -OCH3 is 2. The second kappa shape index (κ2) is 4.00. The molecule has 0 aliphatic rings. The average Bonchev–Trinajstić information content (AvgIpc) is 2.16. The van der Waals surface area contributed by atoms with Gasteiger partial charge in [0, 0.05) is 11.1 Å². The van der Waals surface area contributed by atoms with E-state index in [9.17, 15) is 9.90 Å². The molecule has 0 saturated carbocycles. The van der Waals surface area contributed by atoms with Gasteiger partial charge in [0.2, 0.25) is 0 Å². The molecule has 14 heavy (non-hydrogen) atoms. The largest absolute Gasteiger partial charge is 0.545 e. The van der Waals surface area contributed by atoms with E-state index in [2.05, 4.69) is 0 Å². The Morgan fingerprint density at radius 3 is 2.36 bits per heavy atom. The van der Waals surface area contributed by atoms with Crippen molar-refractivity contribution in [1.82, 2.24) is 0 Å². The van der Waals surface area contributed by atoms with Crippen molar-refractivity contribution in [1.29, 1.82) is 0 Å². The lowest BCUT2D eigenvalue weighted by Gasteiger charge is -2.14. The third-order valence-electron chi connectivity index (χ3n) is 2.01. The quantitative estimate of drug-likeness (QED) is 0.699. The van der Waals surface area contributed by atoms with Gasteiger partial charge in [0.15, 0.2) is 11.5 Å². The molecule has 0 heterocycles. The Balaban J connectivity index is 3.34. The zero-order valence-corrected chi connectivity index (χ0v) is 8.29. The van der Waals surface area contributed by atoms with Gasteiger partial charge in [0.1, 0.15) is 0 Å². The fourth-order valence-electron chi connectivity index (χ4n) is 1.30. The first-order valence-corrected chi connectivity index (χ1v) is 4.04. The van der Waals surface area contributed by atoms with Gasteiger partial charge in [-0.25, -0.2) is 0 Å². The maximum absolute atomic E-state index is 10.7. The van der Waals surface area contributed by atoms with Crippen molar-refractivity contribution in [3.05, 3.63) is 23.3 Å². The Morgan fingerprint density at radius 2 is 1.93 bits per heavy atom. The van der Waals surface area contributed by atoms with Crippen molar-refractivity contribution in [2.24, 2.45) is 0 Å². The van der Waals surface area contributed by atoms with Gasteiger partial charge in [-0.3, -0.25) is 0 Å². The minimum atomic E-state index is -1.22. The summed E-state index contributed by atoms with van der Waals surface area (Å²) in [4.78, 5) is 10.7. The van der Waals surface area contributed by atoms with Crippen LogP contribution in [0.4, 0.5) is 0 Å². The lowest BCUT2D eigenvalue weighted by Crippen LogP contribution is -2.23. The monoisotopic (exact) mass is 195 g/mol. The van der Waals surface area contributed by atoms with Crippen LogP contribution in [0.1, 0.15) is 15.9 Å². The first-order valence-electron chi connectivity index (χ1n) is 4.04. The van der Waals surface area contributed by atoms with Crippen LogP contribution in [0.15, 0.2) is 12.1 Å². The second-order valence-electron chi connectivity index (χ2n) is 2.76. The fourth-order valence-corrected chi connectivity index (χ4v) is 1.30. The first-order chi connectivity index (χ1) is 6.61. The van der Waals surface area contributed by atoms with E-state index < -0.39 is 5.97 Å². The molecule has 0 unspecified atom stereocenters. The molecule has 1 aromatic rings. The highest BCUT2D eigenvalue weighted by atomic mass is 16.5. The van der Waals surface area contributed by atoms with Gasteiger partial charge in [-0.05, 0) is 19.1 Å². The Kier molecular flexibility index (Phi) is 2.96. The van der Waals surface area contributed by atoms with E-state index in [1.54, 1.807) is 6.92 Å². The van der Waals surface area contributed by atoms with Crippen LogP contribution in [-0.4, -0.2) is 20.2 Å². The fraction of sp³-hybridized carbons (Fsp3) is 0.300. The van der Waals surface area contributed by atoms with Crippen LogP contribution in [0, 0.1) is 6.92 Å². The highest BCUT2D eigenvalue weighted by Crippen LogP contribution is 2.32. The highest BCUT2D eigenvalue weighted by molar-refractivity contribution is 5.89. The molecule has 4 heteroatoms. The molecule has 1 aromatic carbocycles. The number of ether oxygens (including phenoxy) is 2. The minimum Gasteiger partial charge on any atom is -0.545 e. The summed E-state index contributed by atoms with van der Waals surface area (Å²) in [5.74, 6) is -0.285. The van der Waals surface area contributed by atoms with Crippen molar-refractivity contribution in [3.63, 3.8) is 0 Å². The van der Waals surface area contributed by atoms with Crippen LogP contribution in [0.2, 0.25) is 0 Å². The Bertz CT molecular complexity index is 357. The number of hydrogen-bond acceptors (Lipinski definition) is 4. The molecule has 1 rings (SSSR count). The van der Waals surface area contributed by atoms with Gasteiger partial charge < -0.3 is 19.4 Å². The van der Waals surface area contributed by atoms with E-state index in [1.807, 2.05) is 0 Å². The summed E-state index contributed by atoms with van der Waals surface area (Å²) in [6, 6.07) is 2.98. The number of carboxylic acid groups (broad SMARTS) is 1. The zero-order chi connectivity index (χ0) is 10.7. The van der Waals surface area contributed by atoms with E-state index in [0.717, 1.165) is 0 Å². The van der Waals surface area contributed by atoms with Crippen LogP contribution in [0.5, 0.6) is 11.5 Å². The Labute approximate surface area is 82.1 Å². The number of carboxylic acids is 1. The molecular formula is C10H11O4-. The molecular weight excluding hydrogens is 184 g/mol. The van der Waals surface area contributed by atoms with Gasteiger partial charge in [0.05, 0.1) is 20.2 Å². The number of carbonyl (C=O) groups excluding carboxylic acids is 1. The van der Waals surface area contributed by atoms with Crippen molar-refractivity contribution in [2.75, 3.05) is 14.2 Å². The van der Waals surface area contributed by atoms with Crippen LogP contribution in [0.25, 0.3) is 0 Å². The SMILES string of the molecule is COc1ccc(C(=O)[O-])c(C)c1OC. The highest BCUT2D eigenvalue weighted by Gasteiger charge is 2.10. The van der Waals surface area contributed by atoms with Gasteiger partial charge >= 0.3 is 0 Å². The van der Waals surface area contributed by atoms with Crippen molar-refractivity contribution >= 4 is 5.97 Å². The maximum Gasteiger partial charge on any atom is 0.164 e. The topological polar surface area (TPSA) is 58.6 Å². The van der Waals surface area contributed by atoms with Gasteiger partial charge in [-0.15, -0.1) is 0 Å². The van der Waals surface area contributed by atoms with E-state index >= 15 is 0 Å². The van der Waals surface area contributed by atoms with Crippen LogP contribution in [0.3, 0.4) is 0 Å². The molecule has 0 amide bonds. The Morgan fingerprint density at radius 1 is 1.29 bits per heavy atom. The summed E-state index contributed by atoms with van der Waals surface area (Å²) >= 11 is 0. The number of rotatable bonds is 3. The standard InChI is InChI=1S/C10H12O4/c1-6-7(10(11)12)4-5-8(13-2)9(6)14-3/h4-5H,1-3H3,(H,11,12)/p-1. The maximum atomic E-state index is 10.7. The molecule has 0 N–H and O–H groups in total. The summed E-state index contributed by atoms with van der Waals surface area (Å²) in [5.41, 5.74) is 0.620. The first kappa shape index (κ1) is 10.4. The number of hydrogen-bond donors (Lipinski definition) is 0. The zero-order valence-electron chi connectivity index (χ0n) is 8.29. The predicted molar refractivity (Wildman–Crippen MR) is 48.6 cm³/mol. The third-order valence-corrected chi connectivity index (χ3v) is 2.01.